The van der Waals surface area contributed by atoms with Crippen molar-refractivity contribution in [3.05, 3.63) is 77.2 Å². The number of alkyl halides is 3. The van der Waals surface area contributed by atoms with Gasteiger partial charge in [0.15, 0.2) is 5.76 Å². The van der Waals surface area contributed by atoms with E-state index in [-0.39, 0.29) is 18.1 Å². The number of furan rings is 1. The molecule has 29 heavy (non-hydrogen) atoms. The molecule has 3 rings (SSSR count). The van der Waals surface area contributed by atoms with Crippen LogP contribution in [0, 0.1) is 13.8 Å². The Morgan fingerprint density at radius 2 is 1.66 bits per heavy atom. The van der Waals surface area contributed by atoms with Gasteiger partial charge in [-0.25, -0.2) is 0 Å². The molecule has 1 aromatic heterocycles. The van der Waals surface area contributed by atoms with E-state index >= 15 is 0 Å². The molecular weight excluding hydrogens is 387 g/mol. The van der Waals surface area contributed by atoms with Crippen LogP contribution in [0.25, 0.3) is 0 Å². The third kappa shape index (κ3) is 5.78. The topological polar surface area (TPSA) is 60.7 Å². The molecule has 0 bridgehead atoms. The molecule has 3 aromatic rings. The number of benzene rings is 2. The molecule has 0 unspecified atom stereocenters. The summed E-state index contributed by atoms with van der Waals surface area (Å²) in [6.45, 7) is 4.14. The Morgan fingerprint density at radius 1 is 0.966 bits per heavy atom. The van der Waals surface area contributed by atoms with Gasteiger partial charge in [-0.15, -0.1) is 13.2 Å². The Bertz CT molecular complexity index is 994. The van der Waals surface area contributed by atoms with Crippen molar-refractivity contribution >= 4 is 11.6 Å². The molecule has 0 aliphatic carbocycles. The van der Waals surface area contributed by atoms with Gasteiger partial charge in [-0.2, -0.15) is 0 Å². The number of ether oxygens (including phenoxy) is 2. The largest absolute Gasteiger partial charge is 0.573 e. The Balaban J connectivity index is 1.56. The minimum absolute atomic E-state index is 0.0549. The highest BCUT2D eigenvalue weighted by Crippen LogP contribution is 2.24. The smallest absolute Gasteiger partial charge is 0.486 e. The summed E-state index contributed by atoms with van der Waals surface area (Å²) in [6.07, 6.45) is -4.77. The predicted octanol–water partition coefficient (Wildman–Crippen LogP) is 5.63. The standard InChI is InChI=1S/C21H18F3NO4/c1-13-3-6-17(11-14(13)2)27-12-18-9-10-19(28-18)20(26)25-15-4-7-16(8-5-15)29-21(22,23)24/h3-11H,12H2,1-2H3,(H,25,26). The quantitative estimate of drug-likeness (QED) is 0.578. The number of amides is 1. The zero-order chi connectivity index (χ0) is 21.0. The first kappa shape index (κ1) is 20.3. The molecule has 0 aliphatic heterocycles. The summed E-state index contributed by atoms with van der Waals surface area (Å²) in [6, 6.07) is 13.6. The number of nitrogens with one attached hydrogen (secondary N) is 1. The van der Waals surface area contributed by atoms with Gasteiger partial charge in [0.1, 0.15) is 23.9 Å². The Hall–Kier alpha value is -3.42. The van der Waals surface area contributed by atoms with Crippen LogP contribution in [0.5, 0.6) is 11.5 Å². The molecule has 2 aromatic carbocycles. The average Bonchev–Trinajstić information content (AvgIpc) is 3.12. The molecule has 152 valence electrons. The van der Waals surface area contributed by atoms with Crippen LogP contribution in [-0.2, 0) is 6.61 Å². The molecule has 0 radical (unpaired) electrons. The summed E-state index contributed by atoms with van der Waals surface area (Å²) in [5, 5.41) is 2.54. The summed E-state index contributed by atoms with van der Waals surface area (Å²) in [5.74, 6) is 0.296. The first-order valence-corrected chi connectivity index (χ1v) is 8.65. The molecule has 0 fully saturated rings. The van der Waals surface area contributed by atoms with E-state index in [4.69, 9.17) is 9.15 Å². The number of rotatable bonds is 6. The number of carbonyl (C=O) groups is 1. The Kier molecular flexibility index (Phi) is 5.81. The fraction of sp³-hybridized carbons (Fsp3) is 0.190. The minimum Gasteiger partial charge on any atom is -0.486 e. The lowest BCUT2D eigenvalue weighted by molar-refractivity contribution is -0.274. The lowest BCUT2D eigenvalue weighted by Crippen LogP contribution is -2.17. The fourth-order valence-corrected chi connectivity index (χ4v) is 2.47. The maximum absolute atomic E-state index is 12.2. The summed E-state index contributed by atoms with van der Waals surface area (Å²) in [7, 11) is 0. The van der Waals surface area contributed by atoms with E-state index in [1.807, 2.05) is 32.0 Å². The number of carbonyl (C=O) groups excluding carboxylic acids is 1. The molecule has 1 heterocycles. The summed E-state index contributed by atoms with van der Waals surface area (Å²) < 4.78 is 51.4. The van der Waals surface area contributed by atoms with Gasteiger partial charge < -0.3 is 19.2 Å². The van der Waals surface area contributed by atoms with Gasteiger partial charge in [0.25, 0.3) is 5.91 Å². The second-order valence-corrected chi connectivity index (χ2v) is 6.33. The van der Waals surface area contributed by atoms with Crippen molar-refractivity contribution in [2.45, 2.75) is 26.8 Å². The molecule has 5 nitrogen and oxygen atoms in total. The number of anilines is 1. The summed E-state index contributed by atoms with van der Waals surface area (Å²) in [5.41, 5.74) is 2.56. The van der Waals surface area contributed by atoms with Gasteiger partial charge in [0, 0.05) is 5.69 Å². The maximum atomic E-state index is 12.2. The number of hydrogen-bond donors (Lipinski definition) is 1. The average molecular weight is 405 g/mol. The van der Waals surface area contributed by atoms with E-state index in [9.17, 15) is 18.0 Å². The van der Waals surface area contributed by atoms with Crippen LogP contribution in [0.1, 0.15) is 27.4 Å². The van der Waals surface area contributed by atoms with E-state index in [1.165, 1.54) is 18.2 Å². The van der Waals surface area contributed by atoms with Crippen molar-refractivity contribution in [1.82, 2.24) is 0 Å². The molecule has 0 aliphatic rings. The van der Waals surface area contributed by atoms with Crippen LogP contribution in [-0.4, -0.2) is 12.3 Å². The first-order chi connectivity index (χ1) is 13.7. The van der Waals surface area contributed by atoms with Crippen molar-refractivity contribution < 1.29 is 31.9 Å². The predicted molar refractivity (Wildman–Crippen MR) is 100 cm³/mol. The Morgan fingerprint density at radius 3 is 2.31 bits per heavy atom. The normalized spacial score (nSPS) is 11.2. The van der Waals surface area contributed by atoms with Gasteiger partial charge in [0.2, 0.25) is 0 Å². The highest BCUT2D eigenvalue weighted by atomic mass is 19.4. The molecule has 1 amide bonds. The fourth-order valence-electron chi connectivity index (χ4n) is 2.47. The van der Waals surface area contributed by atoms with Crippen molar-refractivity contribution in [3.63, 3.8) is 0 Å². The minimum atomic E-state index is -4.77. The number of aryl methyl sites for hydroxylation is 2. The lowest BCUT2D eigenvalue weighted by atomic mass is 10.1. The molecule has 0 spiro atoms. The van der Waals surface area contributed by atoms with E-state index in [0.29, 0.717) is 17.2 Å². The monoisotopic (exact) mass is 405 g/mol. The third-order valence-electron chi connectivity index (χ3n) is 4.09. The van der Waals surface area contributed by atoms with Gasteiger partial charge >= 0.3 is 6.36 Å². The summed E-state index contributed by atoms with van der Waals surface area (Å²) in [4.78, 5) is 12.2. The van der Waals surface area contributed by atoms with Crippen molar-refractivity contribution in [2.24, 2.45) is 0 Å². The van der Waals surface area contributed by atoms with Gasteiger partial charge in [-0.3, -0.25) is 4.79 Å². The van der Waals surface area contributed by atoms with Crippen LogP contribution in [0.3, 0.4) is 0 Å². The number of hydrogen-bond acceptors (Lipinski definition) is 4. The SMILES string of the molecule is Cc1ccc(OCc2ccc(C(=O)Nc3ccc(OC(F)(F)F)cc3)o2)cc1C. The van der Waals surface area contributed by atoms with Crippen LogP contribution in [0.2, 0.25) is 0 Å². The highest BCUT2D eigenvalue weighted by Gasteiger charge is 2.31. The number of halogens is 3. The zero-order valence-corrected chi connectivity index (χ0v) is 15.7. The third-order valence-corrected chi connectivity index (χ3v) is 4.09. The zero-order valence-electron chi connectivity index (χ0n) is 15.7. The first-order valence-electron chi connectivity index (χ1n) is 8.65. The summed E-state index contributed by atoms with van der Waals surface area (Å²) >= 11 is 0. The van der Waals surface area contributed by atoms with Crippen LogP contribution in [0.15, 0.2) is 59.0 Å². The molecule has 1 N–H and O–H groups in total. The molecule has 0 atom stereocenters. The van der Waals surface area contributed by atoms with E-state index < -0.39 is 12.3 Å². The van der Waals surface area contributed by atoms with Gasteiger partial charge in [-0.05, 0) is 73.5 Å². The highest BCUT2D eigenvalue weighted by molar-refractivity contribution is 6.02. The lowest BCUT2D eigenvalue weighted by Gasteiger charge is -2.09. The maximum Gasteiger partial charge on any atom is 0.573 e. The molecule has 8 heteroatoms. The molecule has 0 saturated carbocycles. The van der Waals surface area contributed by atoms with E-state index in [0.717, 1.165) is 23.3 Å². The molecule has 0 saturated heterocycles. The van der Waals surface area contributed by atoms with E-state index in [1.54, 1.807) is 6.07 Å². The van der Waals surface area contributed by atoms with E-state index in [2.05, 4.69) is 10.1 Å². The van der Waals surface area contributed by atoms with Gasteiger partial charge in [-0.1, -0.05) is 6.07 Å². The second kappa shape index (κ2) is 8.30. The van der Waals surface area contributed by atoms with Crippen molar-refractivity contribution in [2.75, 3.05) is 5.32 Å². The van der Waals surface area contributed by atoms with Crippen molar-refractivity contribution in [3.8, 4) is 11.5 Å². The molecular formula is C21H18F3NO4. The second-order valence-electron chi connectivity index (χ2n) is 6.33. The van der Waals surface area contributed by atoms with Crippen molar-refractivity contribution in [1.29, 1.82) is 0 Å². The van der Waals surface area contributed by atoms with Crippen LogP contribution in [0.4, 0.5) is 18.9 Å². The Labute approximate surface area is 165 Å². The van der Waals surface area contributed by atoms with Crippen LogP contribution < -0.4 is 14.8 Å². The van der Waals surface area contributed by atoms with Gasteiger partial charge in [0.05, 0.1) is 0 Å². The van der Waals surface area contributed by atoms with Crippen LogP contribution >= 0.6 is 0 Å².